The fourth-order valence-corrected chi connectivity index (χ4v) is 1.25. The van der Waals surface area contributed by atoms with Gasteiger partial charge in [-0.1, -0.05) is 0 Å². The molecule has 0 saturated carbocycles. The van der Waals surface area contributed by atoms with E-state index in [4.69, 9.17) is 0 Å². The van der Waals surface area contributed by atoms with Gasteiger partial charge in [-0.3, -0.25) is 9.48 Å². The fourth-order valence-electron chi connectivity index (χ4n) is 0.668. The average Bonchev–Trinajstić information content (AvgIpc) is 2.34. The molecule has 0 aliphatic carbocycles. The Morgan fingerprint density at radius 1 is 1.92 bits per heavy atom. The Morgan fingerprint density at radius 2 is 2.58 bits per heavy atom. The lowest BCUT2D eigenvalue weighted by molar-refractivity contribution is 0.100. The van der Waals surface area contributed by atoms with E-state index in [-0.39, 0.29) is 0 Å². The smallest absolute Gasteiger partial charge is 0.266 e. The molecular formula is C6H4IN3OS. The lowest BCUT2D eigenvalue weighted by Crippen LogP contribution is -1.98. The van der Waals surface area contributed by atoms with Gasteiger partial charge in [0.15, 0.2) is 0 Å². The van der Waals surface area contributed by atoms with E-state index in [9.17, 15) is 4.79 Å². The maximum Gasteiger partial charge on any atom is 0.290 e. The second kappa shape index (κ2) is 3.88. The van der Waals surface area contributed by atoms with Gasteiger partial charge < -0.3 is 0 Å². The van der Waals surface area contributed by atoms with Gasteiger partial charge in [0.25, 0.3) is 5.91 Å². The zero-order valence-corrected chi connectivity index (χ0v) is 9.09. The maximum atomic E-state index is 11.1. The zero-order valence-electron chi connectivity index (χ0n) is 6.11. The number of hydrogen-bond acceptors (Lipinski definition) is 3. The molecule has 0 radical (unpaired) electrons. The van der Waals surface area contributed by atoms with Crippen molar-refractivity contribution in [2.45, 2.75) is 0 Å². The molecule has 0 aliphatic heterocycles. The molecule has 0 aromatic carbocycles. The van der Waals surface area contributed by atoms with Crippen LogP contribution in [0.1, 0.15) is 10.4 Å². The van der Waals surface area contributed by atoms with Gasteiger partial charge in [-0.2, -0.15) is 10.1 Å². The topological polar surface area (TPSA) is 47.2 Å². The van der Waals surface area contributed by atoms with Crippen LogP contribution in [0.4, 0.5) is 0 Å². The van der Waals surface area contributed by atoms with E-state index < -0.39 is 5.91 Å². The van der Waals surface area contributed by atoms with Crippen LogP contribution in [-0.4, -0.2) is 20.8 Å². The van der Waals surface area contributed by atoms with Gasteiger partial charge in [-0.25, -0.2) is 0 Å². The highest BCUT2D eigenvalue weighted by atomic mass is 127. The first-order valence-corrected chi connectivity index (χ1v) is 4.45. The van der Waals surface area contributed by atoms with Gasteiger partial charge in [-0.05, 0) is 34.8 Å². The number of thiocarbonyl (C=S) groups is 1. The SMILES string of the molecule is Cn1ncc(C(=O)N=C=S)c1I. The molecule has 6 heteroatoms. The molecule has 0 N–H and O–H groups in total. The Kier molecular flexibility index (Phi) is 3.07. The minimum atomic E-state index is -0.400. The minimum absolute atomic E-state index is 0.400. The summed E-state index contributed by atoms with van der Waals surface area (Å²) in [6.07, 6.45) is 1.46. The molecule has 0 saturated heterocycles. The van der Waals surface area contributed by atoms with Gasteiger partial charge in [0.2, 0.25) is 0 Å². The first kappa shape index (κ1) is 9.50. The number of aliphatic imine (C=N–C) groups is 1. The van der Waals surface area contributed by atoms with Crippen molar-refractivity contribution >= 4 is 45.9 Å². The molecule has 12 heavy (non-hydrogen) atoms. The van der Waals surface area contributed by atoms with Crippen LogP contribution in [0.2, 0.25) is 0 Å². The average molecular weight is 293 g/mol. The summed E-state index contributed by atoms with van der Waals surface area (Å²) in [6, 6.07) is 0. The van der Waals surface area contributed by atoms with Crippen molar-refractivity contribution in [3.63, 3.8) is 0 Å². The number of hydrogen-bond donors (Lipinski definition) is 0. The van der Waals surface area contributed by atoms with Gasteiger partial charge >= 0.3 is 0 Å². The molecular weight excluding hydrogens is 289 g/mol. The largest absolute Gasteiger partial charge is 0.290 e. The summed E-state index contributed by atoms with van der Waals surface area (Å²) in [5.41, 5.74) is 0.454. The van der Waals surface area contributed by atoms with Crippen LogP contribution < -0.4 is 0 Å². The number of halogens is 1. The molecule has 1 aromatic heterocycles. The second-order valence-electron chi connectivity index (χ2n) is 1.98. The number of amides is 1. The molecule has 1 aromatic rings. The van der Waals surface area contributed by atoms with E-state index in [0.717, 1.165) is 3.70 Å². The van der Waals surface area contributed by atoms with Crippen LogP contribution in [0, 0.1) is 3.70 Å². The molecule has 0 bridgehead atoms. The van der Waals surface area contributed by atoms with E-state index in [2.05, 4.69) is 22.3 Å². The lowest BCUT2D eigenvalue weighted by Gasteiger charge is -1.91. The van der Waals surface area contributed by atoms with Crippen LogP contribution in [0.25, 0.3) is 0 Å². The number of aromatic nitrogens is 2. The number of rotatable bonds is 1. The predicted octanol–water partition coefficient (Wildman–Crippen LogP) is 1.27. The van der Waals surface area contributed by atoms with E-state index in [0.29, 0.717) is 5.56 Å². The summed E-state index contributed by atoms with van der Waals surface area (Å²) >= 11 is 6.32. The highest BCUT2D eigenvalue weighted by Gasteiger charge is 2.11. The van der Waals surface area contributed by atoms with E-state index in [1.807, 2.05) is 27.8 Å². The summed E-state index contributed by atoms with van der Waals surface area (Å²) < 4.78 is 2.33. The molecule has 0 aliphatic rings. The van der Waals surface area contributed by atoms with Crippen LogP contribution >= 0.6 is 34.8 Å². The van der Waals surface area contributed by atoms with E-state index in [1.165, 1.54) is 6.20 Å². The molecule has 0 fully saturated rings. The fraction of sp³-hybridized carbons (Fsp3) is 0.167. The van der Waals surface area contributed by atoms with Crippen molar-refractivity contribution in [1.29, 1.82) is 0 Å². The van der Waals surface area contributed by atoms with Crippen LogP contribution in [0.3, 0.4) is 0 Å². The Hall–Kier alpha value is -0.590. The number of isothiocyanates is 1. The summed E-state index contributed by atoms with van der Waals surface area (Å²) in [4.78, 5) is 14.5. The standard InChI is InChI=1S/C6H4IN3OS/c1-10-5(7)4(2-9-10)6(11)8-3-12/h2H,1H3. The van der Waals surface area contributed by atoms with E-state index >= 15 is 0 Å². The van der Waals surface area contributed by atoms with Gasteiger partial charge in [0, 0.05) is 7.05 Å². The third-order valence-corrected chi connectivity index (χ3v) is 2.61. The Bertz CT molecular complexity index is 367. The van der Waals surface area contributed by atoms with Crippen LogP contribution in [0.15, 0.2) is 11.2 Å². The van der Waals surface area contributed by atoms with Gasteiger partial charge in [-0.15, -0.1) is 0 Å². The Balaban J connectivity index is 3.11. The number of aryl methyl sites for hydroxylation is 1. The Morgan fingerprint density at radius 3 is 3.00 bits per heavy atom. The van der Waals surface area contributed by atoms with Gasteiger partial charge in [0.1, 0.15) is 3.70 Å². The first-order valence-electron chi connectivity index (χ1n) is 2.96. The normalized spacial score (nSPS) is 9.17. The molecule has 62 valence electrons. The van der Waals surface area contributed by atoms with Crippen molar-refractivity contribution in [3.05, 3.63) is 15.5 Å². The summed E-state index contributed by atoms with van der Waals surface area (Å²) in [7, 11) is 1.75. The monoisotopic (exact) mass is 293 g/mol. The minimum Gasteiger partial charge on any atom is -0.266 e. The second-order valence-corrected chi connectivity index (χ2v) is 3.19. The maximum absolute atomic E-state index is 11.1. The number of carbonyl (C=O) groups excluding carboxylic acids is 1. The number of nitrogens with zero attached hydrogens (tertiary/aromatic N) is 3. The molecule has 0 spiro atoms. The molecule has 1 rings (SSSR count). The van der Waals surface area contributed by atoms with Gasteiger partial charge in [0.05, 0.1) is 16.9 Å². The molecule has 0 unspecified atom stereocenters. The highest BCUT2D eigenvalue weighted by molar-refractivity contribution is 14.1. The molecule has 0 atom stereocenters. The third kappa shape index (κ3) is 1.77. The van der Waals surface area contributed by atoms with Crippen LogP contribution in [0.5, 0.6) is 0 Å². The van der Waals surface area contributed by atoms with Crippen molar-refractivity contribution in [1.82, 2.24) is 9.78 Å². The van der Waals surface area contributed by atoms with Crippen LogP contribution in [-0.2, 0) is 7.05 Å². The third-order valence-electron chi connectivity index (χ3n) is 1.24. The highest BCUT2D eigenvalue weighted by Crippen LogP contribution is 2.10. The van der Waals surface area contributed by atoms with Crippen molar-refractivity contribution < 1.29 is 4.79 Å². The molecule has 1 amide bonds. The van der Waals surface area contributed by atoms with E-state index in [1.54, 1.807) is 11.7 Å². The summed E-state index contributed by atoms with van der Waals surface area (Å²) in [5, 5.41) is 5.91. The predicted molar refractivity (Wildman–Crippen MR) is 55.3 cm³/mol. The quantitative estimate of drug-likeness (QED) is 0.445. The lowest BCUT2D eigenvalue weighted by atomic mass is 10.3. The summed E-state index contributed by atoms with van der Waals surface area (Å²) in [6.45, 7) is 0. The van der Waals surface area contributed by atoms with Crippen molar-refractivity contribution in [2.75, 3.05) is 0 Å². The Labute approximate surface area is 87.8 Å². The first-order chi connectivity index (χ1) is 5.66. The summed E-state index contributed by atoms with van der Waals surface area (Å²) in [5.74, 6) is -0.400. The molecule has 4 nitrogen and oxygen atoms in total. The zero-order chi connectivity index (χ0) is 9.14. The molecule has 1 heterocycles. The van der Waals surface area contributed by atoms with Crippen molar-refractivity contribution in [3.8, 4) is 0 Å². The number of carbonyl (C=O) groups is 1. The van der Waals surface area contributed by atoms with Crippen molar-refractivity contribution in [2.24, 2.45) is 12.0 Å².